The van der Waals surface area contributed by atoms with Crippen molar-refractivity contribution in [2.75, 3.05) is 0 Å². The Hall–Kier alpha value is -5.04. The zero-order valence-corrected chi connectivity index (χ0v) is 84.1. The van der Waals surface area contributed by atoms with Gasteiger partial charge < -0.3 is 61.3 Å². The first-order valence-corrected chi connectivity index (χ1v) is 54.9. The standard InChI is InChI=1S/4C24H40O4.C22H16/c4*1-14(4-9-22(27)28)18-7-8-19-17-6-5-15-12-16(25)10-11-23(15,2)20(17)13-21(26)24(18,19)3;1-3-7-19-15(5-1)9-11-17-14-22-18(13-21(17)19)12-10-16-6-2-4-8-20(16)22/h4*14-21,25-26H,4-13H2,1-3H3,(H,27,28);1-5,7,9-14H,6,8H2/t4*14-,15-,16-,17+,18-,19+,20?,21+,23+,24-;/m1111./s1. The van der Waals surface area contributed by atoms with Crippen molar-refractivity contribution in [2.24, 2.45) is 185 Å². The van der Waals surface area contributed by atoms with Crippen LogP contribution in [0.4, 0.5) is 0 Å². The molecule has 16 nitrogen and oxygen atoms in total. The molecular formula is C118H176O16. The van der Waals surface area contributed by atoms with E-state index in [-0.39, 0.29) is 118 Å². The molecule has 16 fully saturated rings. The zero-order chi connectivity index (χ0) is 95.6. The number of carboxylic acids is 4. The molecule has 21 rings (SSSR count). The van der Waals surface area contributed by atoms with E-state index in [2.05, 4.69) is 156 Å². The lowest BCUT2D eigenvalue weighted by atomic mass is 9.43. The quantitative estimate of drug-likeness (QED) is 0.0282. The molecule has 0 aromatic heterocycles. The summed E-state index contributed by atoms with van der Waals surface area (Å²) in [6, 6.07) is 22.5. The van der Waals surface area contributed by atoms with Crippen molar-refractivity contribution < 1.29 is 80.5 Å². The molecule has 4 aromatic carbocycles. The van der Waals surface area contributed by atoms with Crippen molar-refractivity contribution in [2.45, 2.75) is 402 Å². The van der Waals surface area contributed by atoms with Crippen molar-refractivity contribution in [3.05, 3.63) is 83.9 Å². The molecule has 0 saturated heterocycles. The third-order valence-corrected chi connectivity index (χ3v) is 46.2. The molecule has 17 aliphatic rings. The van der Waals surface area contributed by atoms with Gasteiger partial charge in [0.25, 0.3) is 0 Å². The molecule has 744 valence electrons. The lowest BCUT2D eigenvalue weighted by Gasteiger charge is -2.62. The van der Waals surface area contributed by atoms with Gasteiger partial charge in [-0.15, -0.1) is 0 Å². The summed E-state index contributed by atoms with van der Waals surface area (Å²) in [5.41, 5.74) is 3.86. The van der Waals surface area contributed by atoms with Crippen molar-refractivity contribution in [3.63, 3.8) is 0 Å². The molecule has 0 heterocycles. The highest BCUT2D eigenvalue weighted by atomic mass is 16.4. The molecule has 0 bridgehead atoms. The minimum Gasteiger partial charge on any atom is -0.481 e. The molecule has 16 saturated carbocycles. The maximum absolute atomic E-state index is 11.5. The average Bonchev–Trinajstić information content (AvgIpc) is 1.52. The van der Waals surface area contributed by atoms with Crippen LogP contribution in [0, 0.1) is 185 Å². The van der Waals surface area contributed by atoms with Gasteiger partial charge in [0.15, 0.2) is 0 Å². The van der Waals surface area contributed by atoms with Gasteiger partial charge in [-0.2, -0.15) is 0 Å². The van der Waals surface area contributed by atoms with Gasteiger partial charge in [0.05, 0.1) is 48.8 Å². The third-order valence-electron chi connectivity index (χ3n) is 46.2. The maximum Gasteiger partial charge on any atom is 0.303 e. The van der Waals surface area contributed by atoms with Crippen molar-refractivity contribution in [1.29, 1.82) is 0 Å². The first-order valence-electron chi connectivity index (χ1n) is 54.9. The summed E-state index contributed by atoms with van der Waals surface area (Å²) < 4.78 is 0. The summed E-state index contributed by atoms with van der Waals surface area (Å²) in [5.74, 6) is 10.2. The van der Waals surface area contributed by atoms with Gasteiger partial charge in [0, 0.05) is 25.7 Å². The number of hydrogen-bond acceptors (Lipinski definition) is 12. The molecule has 16 heteroatoms. The second-order valence-electron chi connectivity index (χ2n) is 51.3. The highest BCUT2D eigenvalue weighted by Gasteiger charge is 2.69. The van der Waals surface area contributed by atoms with Crippen LogP contribution in [0.2, 0.25) is 0 Å². The van der Waals surface area contributed by atoms with Crippen LogP contribution in [0.3, 0.4) is 0 Å². The van der Waals surface area contributed by atoms with Crippen LogP contribution in [-0.4, -0.2) is 134 Å². The Morgan fingerprint density at radius 1 is 0.299 bits per heavy atom. The fraction of sp³-hybridized carbons (Fsp3) is 0.797. The number of carboxylic acid groups (broad SMARTS) is 4. The molecule has 17 aliphatic carbocycles. The number of allylic oxidation sites excluding steroid dienone is 2. The zero-order valence-electron chi connectivity index (χ0n) is 84.1. The van der Waals surface area contributed by atoms with E-state index in [1.807, 2.05) is 0 Å². The van der Waals surface area contributed by atoms with Crippen LogP contribution in [0.15, 0.2) is 72.8 Å². The second kappa shape index (κ2) is 39.3. The lowest BCUT2D eigenvalue weighted by Crippen LogP contribution is -2.58. The van der Waals surface area contributed by atoms with Crippen molar-refractivity contribution in [3.8, 4) is 0 Å². The van der Waals surface area contributed by atoms with Crippen LogP contribution >= 0.6 is 0 Å². The molecule has 0 spiro atoms. The number of carbonyl (C=O) groups is 4. The summed E-state index contributed by atoms with van der Waals surface area (Å²) in [5, 5.41) is 131. The molecular weight excluding hydrogens is 1670 g/mol. The third kappa shape index (κ3) is 18.0. The van der Waals surface area contributed by atoms with Gasteiger partial charge in [0.2, 0.25) is 0 Å². The van der Waals surface area contributed by atoms with Crippen molar-refractivity contribution in [1.82, 2.24) is 0 Å². The predicted octanol–water partition coefficient (Wildman–Crippen LogP) is 23.7. The monoisotopic (exact) mass is 1850 g/mol. The highest BCUT2D eigenvalue weighted by Crippen LogP contribution is 2.74. The number of hydrogen-bond donors (Lipinski definition) is 12. The maximum atomic E-state index is 11.5. The Labute approximate surface area is 802 Å². The van der Waals surface area contributed by atoms with Crippen molar-refractivity contribution >= 4 is 56.2 Å². The Morgan fingerprint density at radius 3 is 0.888 bits per heavy atom. The van der Waals surface area contributed by atoms with Gasteiger partial charge in [-0.05, 0) is 485 Å². The fourth-order valence-corrected chi connectivity index (χ4v) is 38.6. The summed E-state index contributed by atoms with van der Waals surface area (Å²) >= 11 is 0. The van der Waals surface area contributed by atoms with Gasteiger partial charge >= 0.3 is 23.9 Å². The predicted molar refractivity (Wildman–Crippen MR) is 530 cm³/mol. The SMILES string of the molecule is C1=CCc2c(ccc3cc4c(ccc5ccccc54)cc23)C1.C[C@H](CCC(=O)O)[C@H]1CC[C@H]2[C@@H]3CC[C@@H]4C[C@H](O)CC[C@]4(C)C3C[C@H](O)[C@]12C.C[C@H](CCC(=O)O)[C@H]1CC[C@H]2[C@@H]3CC[C@@H]4C[C@H](O)CC[C@]4(C)C3C[C@H](O)[C@]12C.C[C@H](CCC(=O)O)[C@H]1CC[C@H]2[C@@H]3CC[C@@H]4C[C@H](O)CC[C@]4(C)C3C[C@H](O)[C@]12C.C[C@H](CCC(=O)O)[C@H]1CC[C@H]2[C@@H]3CC[C@@H]4C[C@H](O)CC[C@]4(C)C3C[C@H](O)[C@]12C. The molecule has 0 radical (unpaired) electrons. The fourth-order valence-electron chi connectivity index (χ4n) is 38.6. The van der Waals surface area contributed by atoms with Crippen LogP contribution < -0.4 is 0 Å². The van der Waals surface area contributed by atoms with Gasteiger partial charge in [-0.1, -0.05) is 144 Å². The largest absolute Gasteiger partial charge is 0.481 e. The first-order chi connectivity index (χ1) is 63.6. The number of benzene rings is 4. The van der Waals surface area contributed by atoms with Gasteiger partial charge in [-0.3, -0.25) is 19.2 Å². The van der Waals surface area contributed by atoms with E-state index in [1.54, 1.807) is 0 Å². The molecule has 0 aliphatic heterocycles. The normalized spacial score (nSPS) is 45.5. The van der Waals surface area contributed by atoms with E-state index in [9.17, 15) is 60.0 Å². The summed E-state index contributed by atoms with van der Waals surface area (Å²) in [7, 11) is 0. The van der Waals surface area contributed by atoms with Crippen LogP contribution in [-0.2, 0) is 32.0 Å². The Balaban J connectivity index is 0.000000117. The summed E-state index contributed by atoms with van der Waals surface area (Å²) in [6.45, 7) is 28.0. The van der Waals surface area contributed by atoms with E-state index in [0.717, 1.165) is 167 Å². The van der Waals surface area contributed by atoms with E-state index >= 15 is 0 Å². The van der Waals surface area contributed by atoms with E-state index in [0.29, 0.717) is 142 Å². The molecule has 12 N–H and O–H groups in total. The highest BCUT2D eigenvalue weighted by molar-refractivity contribution is 6.12. The van der Waals surface area contributed by atoms with Crippen LogP contribution in [0.5, 0.6) is 0 Å². The Bertz CT molecular complexity index is 4430. The minimum atomic E-state index is -0.707. The van der Waals surface area contributed by atoms with Gasteiger partial charge in [0.1, 0.15) is 0 Å². The average molecular weight is 1850 g/mol. The Morgan fingerprint density at radius 2 is 0.575 bits per heavy atom. The van der Waals surface area contributed by atoms with Gasteiger partial charge in [-0.25, -0.2) is 0 Å². The topological polar surface area (TPSA) is 311 Å². The number of aliphatic hydroxyl groups excluding tert-OH is 8. The number of fused-ring (bicyclic) bond motifs is 26. The molecule has 4 aromatic rings. The first kappa shape index (κ1) is 100. The molecule has 0 amide bonds. The second-order valence-corrected chi connectivity index (χ2v) is 51.3. The molecule has 40 atom stereocenters. The summed E-state index contributed by atoms with van der Waals surface area (Å²) in [6.07, 6.45) is 43.7. The minimum absolute atomic E-state index is 0.0591. The van der Waals surface area contributed by atoms with Crippen LogP contribution in [0.1, 0.15) is 351 Å². The van der Waals surface area contributed by atoms with E-state index < -0.39 is 23.9 Å². The Kier molecular flexibility index (Phi) is 29.5. The molecule has 134 heavy (non-hydrogen) atoms. The lowest BCUT2D eigenvalue weighted by molar-refractivity contribution is -0.175. The van der Waals surface area contributed by atoms with E-state index in [1.165, 1.54) is 120 Å². The van der Waals surface area contributed by atoms with Crippen LogP contribution in [0.25, 0.3) is 32.3 Å². The van der Waals surface area contributed by atoms with E-state index in [4.69, 9.17) is 20.4 Å². The summed E-state index contributed by atoms with van der Waals surface area (Å²) in [4.78, 5) is 44.2. The molecule has 4 unspecified atom stereocenters. The number of rotatable bonds is 16. The smallest absolute Gasteiger partial charge is 0.303 e. The number of aliphatic hydroxyl groups is 8. The number of aliphatic carboxylic acids is 4.